The highest BCUT2D eigenvalue weighted by Crippen LogP contribution is 2.26. The van der Waals surface area contributed by atoms with E-state index in [1.165, 1.54) is 23.5 Å². The van der Waals surface area contributed by atoms with E-state index >= 15 is 0 Å². The average molecular weight is 378 g/mol. The van der Waals surface area contributed by atoms with Gasteiger partial charge in [-0.15, -0.1) is 0 Å². The molecule has 6 nitrogen and oxygen atoms in total. The summed E-state index contributed by atoms with van der Waals surface area (Å²) in [7, 11) is -2.30. The van der Waals surface area contributed by atoms with Crippen LogP contribution in [0.4, 0.5) is 0 Å². The lowest BCUT2D eigenvalue weighted by Crippen LogP contribution is -2.34. The Kier molecular flexibility index (Phi) is 5.03. The fourth-order valence-electron chi connectivity index (χ4n) is 2.18. The standard InChI is InChI=1S/C13H16BrNO5S/c1-15(8-10-3-2-6-20-10)21(18,19)12-7-9(13(16)17)4-5-11(12)14/h4-5,7,10H,2-3,6,8H2,1H3,(H,16,17). The molecular weight excluding hydrogens is 362 g/mol. The quantitative estimate of drug-likeness (QED) is 0.847. The summed E-state index contributed by atoms with van der Waals surface area (Å²) in [5.74, 6) is -1.17. The third-order valence-electron chi connectivity index (χ3n) is 3.35. The van der Waals surface area contributed by atoms with Crippen molar-refractivity contribution >= 4 is 31.9 Å². The first-order chi connectivity index (χ1) is 9.82. The summed E-state index contributed by atoms with van der Waals surface area (Å²) >= 11 is 3.17. The molecule has 0 bridgehead atoms. The highest BCUT2D eigenvalue weighted by molar-refractivity contribution is 9.10. The lowest BCUT2D eigenvalue weighted by atomic mass is 10.2. The van der Waals surface area contributed by atoms with Crippen LogP contribution in [-0.4, -0.2) is 50.1 Å². The van der Waals surface area contributed by atoms with Crippen LogP contribution in [0, 0.1) is 0 Å². The van der Waals surface area contributed by atoms with Gasteiger partial charge in [0.25, 0.3) is 0 Å². The van der Waals surface area contributed by atoms with E-state index in [1.807, 2.05) is 0 Å². The van der Waals surface area contributed by atoms with Crippen LogP contribution in [-0.2, 0) is 14.8 Å². The molecule has 1 saturated heterocycles. The molecule has 116 valence electrons. The first-order valence-corrected chi connectivity index (χ1v) is 8.66. The Balaban J connectivity index is 2.29. The first kappa shape index (κ1) is 16.4. The Labute approximate surface area is 131 Å². The Hall–Kier alpha value is -0.960. The summed E-state index contributed by atoms with van der Waals surface area (Å²) in [5.41, 5.74) is -0.0673. The fourth-order valence-corrected chi connectivity index (χ4v) is 4.32. The van der Waals surface area contributed by atoms with Crippen molar-refractivity contribution in [3.05, 3.63) is 28.2 Å². The van der Waals surface area contributed by atoms with E-state index in [1.54, 1.807) is 0 Å². The molecule has 0 amide bonds. The maximum atomic E-state index is 12.6. The van der Waals surface area contributed by atoms with E-state index in [0.717, 1.165) is 18.9 Å². The van der Waals surface area contributed by atoms with Gasteiger partial charge in [-0.2, -0.15) is 4.31 Å². The zero-order valence-corrected chi connectivity index (χ0v) is 13.9. The van der Waals surface area contributed by atoms with Crippen LogP contribution in [0.25, 0.3) is 0 Å². The Morgan fingerprint density at radius 1 is 1.52 bits per heavy atom. The molecule has 1 unspecified atom stereocenters. The van der Waals surface area contributed by atoms with Gasteiger partial charge in [0.2, 0.25) is 10.0 Å². The summed E-state index contributed by atoms with van der Waals surface area (Å²) in [6, 6.07) is 3.94. The van der Waals surface area contributed by atoms with Crippen molar-refractivity contribution < 1.29 is 23.1 Å². The second-order valence-corrected chi connectivity index (χ2v) is 7.74. The van der Waals surface area contributed by atoms with Crippen LogP contribution in [0.2, 0.25) is 0 Å². The molecule has 0 spiro atoms. The second-order valence-electron chi connectivity index (χ2n) is 4.87. The van der Waals surface area contributed by atoms with Gasteiger partial charge >= 0.3 is 5.97 Å². The number of halogens is 1. The summed E-state index contributed by atoms with van der Waals surface area (Å²) in [4.78, 5) is 10.9. The van der Waals surface area contributed by atoms with Crippen LogP contribution in [0.15, 0.2) is 27.6 Å². The zero-order chi connectivity index (χ0) is 15.6. The molecule has 0 saturated carbocycles. The third-order valence-corrected chi connectivity index (χ3v) is 6.17. The predicted molar refractivity (Wildman–Crippen MR) is 79.9 cm³/mol. The molecule has 1 fully saturated rings. The normalized spacial score (nSPS) is 19.1. The molecule has 1 aromatic rings. The number of benzene rings is 1. The Morgan fingerprint density at radius 3 is 2.81 bits per heavy atom. The average Bonchev–Trinajstić information content (AvgIpc) is 2.91. The van der Waals surface area contributed by atoms with Crippen molar-refractivity contribution in [2.24, 2.45) is 0 Å². The summed E-state index contributed by atoms with van der Waals surface area (Å²) in [5, 5.41) is 8.99. The molecule has 1 aliphatic heterocycles. The van der Waals surface area contributed by atoms with Crippen molar-refractivity contribution in [3.63, 3.8) is 0 Å². The number of aromatic carboxylic acids is 1. The van der Waals surface area contributed by atoms with Crippen molar-refractivity contribution in [1.82, 2.24) is 4.31 Å². The minimum Gasteiger partial charge on any atom is -0.478 e. The van der Waals surface area contributed by atoms with E-state index in [4.69, 9.17) is 9.84 Å². The van der Waals surface area contributed by atoms with E-state index in [2.05, 4.69) is 15.9 Å². The number of rotatable bonds is 5. The molecule has 1 heterocycles. The van der Waals surface area contributed by atoms with Crippen molar-refractivity contribution in [2.45, 2.75) is 23.8 Å². The van der Waals surface area contributed by atoms with Crippen LogP contribution in [0.5, 0.6) is 0 Å². The van der Waals surface area contributed by atoms with Gasteiger partial charge in [0.05, 0.1) is 16.6 Å². The number of carbonyl (C=O) groups is 1. The number of likely N-dealkylation sites (N-methyl/N-ethyl adjacent to an activating group) is 1. The summed E-state index contributed by atoms with van der Waals surface area (Å²) in [6.45, 7) is 0.906. The minimum atomic E-state index is -3.77. The van der Waals surface area contributed by atoms with Gasteiger partial charge in [0.15, 0.2) is 0 Å². The largest absolute Gasteiger partial charge is 0.478 e. The van der Waals surface area contributed by atoms with Crippen LogP contribution in [0.3, 0.4) is 0 Å². The number of sulfonamides is 1. The molecular formula is C13H16BrNO5S. The molecule has 1 aliphatic rings. The lowest BCUT2D eigenvalue weighted by molar-refractivity contribution is 0.0696. The number of carboxylic acid groups (broad SMARTS) is 1. The van der Waals surface area contributed by atoms with Gasteiger partial charge < -0.3 is 9.84 Å². The summed E-state index contributed by atoms with van der Waals surface area (Å²) in [6.07, 6.45) is 1.65. The highest BCUT2D eigenvalue weighted by Gasteiger charge is 2.28. The van der Waals surface area contributed by atoms with Crippen LogP contribution >= 0.6 is 15.9 Å². The molecule has 0 aliphatic carbocycles. The van der Waals surface area contributed by atoms with Crippen LogP contribution < -0.4 is 0 Å². The van der Waals surface area contributed by atoms with E-state index in [-0.39, 0.29) is 23.1 Å². The van der Waals surface area contributed by atoms with Crippen molar-refractivity contribution in [1.29, 1.82) is 0 Å². The molecule has 1 N–H and O–H groups in total. The smallest absolute Gasteiger partial charge is 0.335 e. The van der Waals surface area contributed by atoms with Gasteiger partial charge in [-0.25, -0.2) is 13.2 Å². The summed E-state index contributed by atoms with van der Waals surface area (Å²) < 4.78 is 32.1. The highest BCUT2D eigenvalue weighted by atomic mass is 79.9. The first-order valence-electron chi connectivity index (χ1n) is 6.43. The molecule has 0 radical (unpaired) electrons. The van der Waals surface area contributed by atoms with Gasteiger partial charge in [-0.1, -0.05) is 0 Å². The number of ether oxygens (including phenoxy) is 1. The Morgan fingerprint density at radius 2 is 2.24 bits per heavy atom. The molecule has 21 heavy (non-hydrogen) atoms. The van der Waals surface area contributed by atoms with Gasteiger partial charge in [0.1, 0.15) is 0 Å². The SMILES string of the molecule is CN(CC1CCCO1)S(=O)(=O)c1cc(C(=O)O)ccc1Br. The van der Waals surface area contributed by atoms with E-state index in [0.29, 0.717) is 11.1 Å². The minimum absolute atomic E-state index is 0.0529. The molecule has 2 rings (SSSR count). The number of hydrogen-bond acceptors (Lipinski definition) is 4. The predicted octanol–water partition coefficient (Wildman–Crippen LogP) is 1.95. The number of hydrogen-bond donors (Lipinski definition) is 1. The lowest BCUT2D eigenvalue weighted by Gasteiger charge is -2.21. The van der Waals surface area contributed by atoms with Gasteiger partial charge in [-0.3, -0.25) is 0 Å². The van der Waals surface area contributed by atoms with Crippen molar-refractivity contribution in [3.8, 4) is 0 Å². The molecule has 0 aromatic heterocycles. The monoisotopic (exact) mass is 377 g/mol. The Bertz CT molecular complexity index is 640. The second kappa shape index (κ2) is 6.43. The van der Waals surface area contributed by atoms with Crippen LogP contribution in [0.1, 0.15) is 23.2 Å². The number of carboxylic acids is 1. The zero-order valence-electron chi connectivity index (χ0n) is 11.5. The topological polar surface area (TPSA) is 83.9 Å². The number of nitrogens with zero attached hydrogens (tertiary/aromatic N) is 1. The van der Waals surface area contributed by atoms with E-state index in [9.17, 15) is 13.2 Å². The maximum absolute atomic E-state index is 12.6. The third kappa shape index (κ3) is 3.63. The molecule has 1 aromatic carbocycles. The van der Waals surface area contributed by atoms with E-state index < -0.39 is 16.0 Å². The fraction of sp³-hybridized carbons (Fsp3) is 0.462. The molecule has 8 heteroatoms. The van der Waals surface area contributed by atoms with Crippen molar-refractivity contribution in [2.75, 3.05) is 20.2 Å². The maximum Gasteiger partial charge on any atom is 0.335 e. The molecule has 1 atom stereocenters. The van der Waals surface area contributed by atoms with Gasteiger partial charge in [-0.05, 0) is 47.0 Å². The van der Waals surface area contributed by atoms with Gasteiger partial charge in [0, 0.05) is 24.7 Å².